The Morgan fingerprint density at radius 2 is 2.46 bits per heavy atom. The van der Waals surface area contributed by atoms with E-state index in [1.807, 2.05) is 10.9 Å². The summed E-state index contributed by atoms with van der Waals surface area (Å²) in [4.78, 5) is 10.4. The second-order valence-electron chi connectivity index (χ2n) is 3.52. The Bertz CT molecular complexity index is 313. The molecule has 0 spiro atoms. The second-order valence-corrected chi connectivity index (χ2v) is 3.52. The SMILES string of the molecule is CCn1ncc(CC=O)c1C1CC1. The smallest absolute Gasteiger partial charge is 0.124 e. The van der Waals surface area contributed by atoms with Crippen molar-refractivity contribution < 1.29 is 4.79 Å². The monoisotopic (exact) mass is 178 g/mol. The lowest BCUT2D eigenvalue weighted by molar-refractivity contribution is -0.107. The second kappa shape index (κ2) is 3.32. The molecule has 0 N–H and O–H groups in total. The van der Waals surface area contributed by atoms with Crippen molar-refractivity contribution in [1.29, 1.82) is 0 Å². The number of aldehydes is 1. The standard InChI is InChI=1S/C10H14N2O/c1-2-12-10(8-3-4-8)9(5-6-13)7-11-12/h6-8H,2-5H2,1H3. The molecular formula is C10H14N2O. The first-order valence-corrected chi connectivity index (χ1v) is 4.85. The summed E-state index contributed by atoms with van der Waals surface area (Å²) in [5, 5.41) is 4.27. The molecule has 0 aliphatic heterocycles. The third-order valence-electron chi connectivity index (χ3n) is 2.53. The van der Waals surface area contributed by atoms with E-state index in [1.54, 1.807) is 0 Å². The van der Waals surface area contributed by atoms with Crippen molar-refractivity contribution in [2.45, 2.75) is 38.6 Å². The minimum Gasteiger partial charge on any atom is -0.303 e. The van der Waals surface area contributed by atoms with Gasteiger partial charge in [-0.2, -0.15) is 5.10 Å². The van der Waals surface area contributed by atoms with Gasteiger partial charge in [0, 0.05) is 30.1 Å². The summed E-state index contributed by atoms with van der Waals surface area (Å²) in [5.41, 5.74) is 2.42. The van der Waals surface area contributed by atoms with Gasteiger partial charge < -0.3 is 4.79 Å². The zero-order valence-corrected chi connectivity index (χ0v) is 7.86. The number of hydrogen-bond acceptors (Lipinski definition) is 2. The zero-order chi connectivity index (χ0) is 9.26. The third-order valence-corrected chi connectivity index (χ3v) is 2.53. The first-order chi connectivity index (χ1) is 6.36. The normalized spacial score (nSPS) is 16.1. The summed E-state index contributed by atoms with van der Waals surface area (Å²) < 4.78 is 2.02. The highest BCUT2D eigenvalue weighted by molar-refractivity contribution is 5.55. The van der Waals surface area contributed by atoms with E-state index < -0.39 is 0 Å². The molecule has 0 atom stereocenters. The molecule has 1 aliphatic carbocycles. The van der Waals surface area contributed by atoms with Crippen molar-refractivity contribution in [3.8, 4) is 0 Å². The maximum Gasteiger partial charge on any atom is 0.124 e. The van der Waals surface area contributed by atoms with E-state index in [2.05, 4.69) is 12.0 Å². The number of nitrogens with zero attached hydrogens (tertiary/aromatic N) is 2. The molecule has 0 amide bonds. The fraction of sp³-hybridized carbons (Fsp3) is 0.600. The lowest BCUT2D eigenvalue weighted by Gasteiger charge is -2.04. The molecule has 2 rings (SSSR count). The Morgan fingerprint density at radius 3 is 3.00 bits per heavy atom. The summed E-state index contributed by atoms with van der Waals surface area (Å²) in [6.45, 7) is 2.99. The van der Waals surface area contributed by atoms with Crippen LogP contribution in [0.3, 0.4) is 0 Å². The number of aromatic nitrogens is 2. The van der Waals surface area contributed by atoms with Crippen molar-refractivity contribution in [2.24, 2.45) is 0 Å². The van der Waals surface area contributed by atoms with Gasteiger partial charge in [-0.25, -0.2) is 0 Å². The molecular weight excluding hydrogens is 164 g/mol. The molecule has 1 heterocycles. The summed E-state index contributed by atoms with van der Waals surface area (Å²) in [5.74, 6) is 0.678. The van der Waals surface area contributed by atoms with Crippen molar-refractivity contribution in [3.05, 3.63) is 17.5 Å². The largest absolute Gasteiger partial charge is 0.303 e. The van der Waals surface area contributed by atoms with Crippen LogP contribution in [-0.2, 0) is 17.8 Å². The molecule has 1 aliphatic rings. The Balaban J connectivity index is 2.32. The fourth-order valence-electron chi connectivity index (χ4n) is 1.76. The molecule has 3 heteroatoms. The Hall–Kier alpha value is -1.12. The molecule has 0 aromatic carbocycles. The highest BCUT2D eigenvalue weighted by Gasteiger charge is 2.29. The van der Waals surface area contributed by atoms with E-state index in [4.69, 9.17) is 0 Å². The molecule has 70 valence electrons. The number of carbonyl (C=O) groups excluding carboxylic acids is 1. The van der Waals surface area contributed by atoms with Gasteiger partial charge in [0.1, 0.15) is 6.29 Å². The van der Waals surface area contributed by atoms with E-state index in [0.717, 1.165) is 18.4 Å². The van der Waals surface area contributed by atoms with Crippen LogP contribution in [0.5, 0.6) is 0 Å². The van der Waals surface area contributed by atoms with E-state index in [0.29, 0.717) is 12.3 Å². The zero-order valence-electron chi connectivity index (χ0n) is 7.86. The van der Waals surface area contributed by atoms with E-state index >= 15 is 0 Å². The highest BCUT2D eigenvalue weighted by Crippen LogP contribution is 2.41. The predicted molar refractivity (Wildman–Crippen MR) is 49.6 cm³/mol. The van der Waals surface area contributed by atoms with Gasteiger partial charge in [-0.15, -0.1) is 0 Å². The molecule has 1 aromatic rings. The maximum absolute atomic E-state index is 10.4. The predicted octanol–water partition coefficient (Wildman–Crippen LogP) is 1.52. The van der Waals surface area contributed by atoms with Gasteiger partial charge in [-0.3, -0.25) is 4.68 Å². The number of aryl methyl sites for hydroxylation is 1. The van der Waals surface area contributed by atoms with Gasteiger partial charge in [0.25, 0.3) is 0 Å². The first-order valence-electron chi connectivity index (χ1n) is 4.85. The molecule has 3 nitrogen and oxygen atoms in total. The van der Waals surface area contributed by atoms with Gasteiger partial charge in [-0.05, 0) is 19.8 Å². The van der Waals surface area contributed by atoms with Crippen LogP contribution in [-0.4, -0.2) is 16.1 Å². The van der Waals surface area contributed by atoms with Crippen LogP contribution in [0.25, 0.3) is 0 Å². The molecule has 13 heavy (non-hydrogen) atoms. The average molecular weight is 178 g/mol. The molecule has 0 radical (unpaired) electrons. The van der Waals surface area contributed by atoms with Crippen molar-refractivity contribution in [3.63, 3.8) is 0 Å². The van der Waals surface area contributed by atoms with Gasteiger partial charge in [-0.1, -0.05) is 0 Å². The van der Waals surface area contributed by atoms with E-state index in [1.165, 1.54) is 18.5 Å². The average Bonchev–Trinajstić information content (AvgIpc) is 2.89. The minimum atomic E-state index is 0.520. The lowest BCUT2D eigenvalue weighted by Crippen LogP contribution is -2.03. The minimum absolute atomic E-state index is 0.520. The van der Waals surface area contributed by atoms with Crippen LogP contribution in [0.4, 0.5) is 0 Å². The summed E-state index contributed by atoms with van der Waals surface area (Å²) >= 11 is 0. The topological polar surface area (TPSA) is 34.9 Å². The molecule has 1 fully saturated rings. The van der Waals surface area contributed by atoms with Gasteiger partial charge in [0.05, 0.1) is 6.20 Å². The Morgan fingerprint density at radius 1 is 1.69 bits per heavy atom. The summed E-state index contributed by atoms with van der Waals surface area (Å²) in [7, 11) is 0. The third kappa shape index (κ3) is 1.50. The van der Waals surface area contributed by atoms with Crippen LogP contribution in [0.2, 0.25) is 0 Å². The lowest BCUT2D eigenvalue weighted by atomic mass is 10.1. The van der Waals surface area contributed by atoms with Crippen LogP contribution in [0.15, 0.2) is 6.20 Å². The van der Waals surface area contributed by atoms with Crippen LogP contribution in [0, 0.1) is 0 Å². The summed E-state index contributed by atoms with van der Waals surface area (Å²) in [6, 6.07) is 0. The van der Waals surface area contributed by atoms with E-state index in [-0.39, 0.29) is 0 Å². The maximum atomic E-state index is 10.4. The van der Waals surface area contributed by atoms with Crippen LogP contribution >= 0.6 is 0 Å². The Labute approximate surface area is 77.7 Å². The number of rotatable bonds is 4. The van der Waals surface area contributed by atoms with Crippen molar-refractivity contribution >= 4 is 6.29 Å². The molecule has 0 bridgehead atoms. The van der Waals surface area contributed by atoms with E-state index in [9.17, 15) is 4.79 Å². The van der Waals surface area contributed by atoms with Gasteiger partial charge in [0.15, 0.2) is 0 Å². The highest BCUT2D eigenvalue weighted by atomic mass is 16.1. The van der Waals surface area contributed by atoms with Gasteiger partial charge >= 0.3 is 0 Å². The van der Waals surface area contributed by atoms with Crippen molar-refractivity contribution in [1.82, 2.24) is 9.78 Å². The van der Waals surface area contributed by atoms with Gasteiger partial charge in [0.2, 0.25) is 0 Å². The molecule has 1 saturated carbocycles. The quantitative estimate of drug-likeness (QED) is 0.655. The summed E-state index contributed by atoms with van der Waals surface area (Å²) in [6.07, 6.45) is 5.84. The molecule has 0 saturated heterocycles. The Kier molecular flexibility index (Phi) is 2.17. The fourth-order valence-corrected chi connectivity index (χ4v) is 1.76. The molecule has 0 unspecified atom stereocenters. The molecule has 1 aromatic heterocycles. The van der Waals surface area contributed by atoms with Crippen LogP contribution in [0.1, 0.15) is 36.9 Å². The van der Waals surface area contributed by atoms with Crippen LogP contribution < -0.4 is 0 Å². The first kappa shape index (κ1) is 8.48. The number of hydrogen-bond donors (Lipinski definition) is 0. The van der Waals surface area contributed by atoms with Crippen molar-refractivity contribution in [2.75, 3.05) is 0 Å². The number of carbonyl (C=O) groups is 1.